The molecule has 2 aliphatic carbocycles. The summed E-state index contributed by atoms with van der Waals surface area (Å²) < 4.78 is 0. The Morgan fingerprint density at radius 3 is 2.45 bits per heavy atom. The Kier molecular flexibility index (Phi) is 1.42. The van der Waals surface area contributed by atoms with Crippen LogP contribution in [0.2, 0.25) is 0 Å². The van der Waals surface area contributed by atoms with Gasteiger partial charge in [-0.05, 0) is 31.1 Å². The lowest BCUT2D eigenvalue weighted by atomic mass is 9.86. The lowest BCUT2D eigenvalue weighted by Crippen LogP contribution is -2.35. The number of carbonyl (C=O) groups is 1. The molecule has 3 N–H and O–H groups in total. The van der Waals surface area contributed by atoms with Crippen LogP contribution in [-0.2, 0) is 4.79 Å². The molecule has 2 saturated carbocycles. The smallest absolute Gasteiger partial charge is 0.306 e. The summed E-state index contributed by atoms with van der Waals surface area (Å²) in [5.41, 5.74) is 5.78. The number of nitrogens with two attached hydrogens (primary N) is 1. The van der Waals surface area contributed by atoms with Crippen LogP contribution in [0.25, 0.3) is 0 Å². The molecule has 0 heterocycles. The van der Waals surface area contributed by atoms with Crippen LogP contribution in [0.4, 0.5) is 0 Å². The topological polar surface area (TPSA) is 63.3 Å². The van der Waals surface area contributed by atoms with Gasteiger partial charge in [0.2, 0.25) is 0 Å². The number of fused-ring (bicyclic) bond motifs is 2. The number of aliphatic carboxylic acids is 1. The average molecular weight is 155 g/mol. The van der Waals surface area contributed by atoms with Gasteiger partial charge in [-0.2, -0.15) is 0 Å². The molecule has 3 nitrogen and oxygen atoms in total. The Bertz CT molecular complexity index is 193. The highest BCUT2D eigenvalue weighted by Gasteiger charge is 2.47. The number of rotatable bonds is 1. The van der Waals surface area contributed by atoms with Gasteiger partial charge in [-0.25, -0.2) is 0 Å². The van der Waals surface area contributed by atoms with Crippen molar-refractivity contribution in [1.82, 2.24) is 0 Å². The van der Waals surface area contributed by atoms with Gasteiger partial charge in [0.1, 0.15) is 0 Å². The number of carboxylic acids is 1. The summed E-state index contributed by atoms with van der Waals surface area (Å²) in [7, 11) is 0. The summed E-state index contributed by atoms with van der Waals surface area (Å²) >= 11 is 0. The molecule has 62 valence electrons. The van der Waals surface area contributed by atoms with Crippen molar-refractivity contribution in [3.05, 3.63) is 0 Å². The Labute approximate surface area is 65.6 Å². The monoisotopic (exact) mass is 155 g/mol. The highest BCUT2D eigenvalue weighted by atomic mass is 16.4. The van der Waals surface area contributed by atoms with Gasteiger partial charge in [-0.3, -0.25) is 4.79 Å². The molecule has 0 aromatic carbocycles. The van der Waals surface area contributed by atoms with Gasteiger partial charge in [0.25, 0.3) is 0 Å². The second-order valence-electron chi connectivity index (χ2n) is 3.85. The fraction of sp³-hybridized carbons (Fsp3) is 0.875. The molecular formula is C8H13NO2. The van der Waals surface area contributed by atoms with Crippen LogP contribution in [0.5, 0.6) is 0 Å². The van der Waals surface area contributed by atoms with Crippen LogP contribution in [0.3, 0.4) is 0 Å². The molecule has 0 aliphatic heterocycles. The lowest BCUT2D eigenvalue weighted by Gasteiger charge is -2.23. The average Bonchev–Trinajstić information content (AvgIpc) is 2.43. The van der Waals surface area contributed by atoms with Crippen molar-refractivity contribution in [3.8, 4) is 0 Å². The maximum Gasteiger partial charge on any atom is 0.306 e. The first-order valence-electron chi connectivity index (χ1n) is 4.17. The quantitative estimate of drug-likeness (QED) is 0.577. The van der Waals surface area contributed by atoms with E-state index in [1.54, 1.807) is 0 Å². The van der Waals surface area contributed by atoms with E-state index in [0.717, 1.165) is 19.3 Å². The number of hydrogen-bond donors (Lipinski definition) is 2. The van der Waals surface area contributed by atoms with Crippen molar-refractivity contribution in [2.45, 2.75) is 25.3 Å². The zero-order chi connectivity index (χ0) is 8.01. The van der Waals surface area contributed by atoms with Crippen LogP contribution in [0.1, 0.15) is 19.3 Å². The molecule has 0 unspecified atom stereocenters. The third-order valence-corrected chi connectivity index (χ3v) is 3.18. The molecule has 3 heteroatoms. The van der Waals surface area contributed by atoms with E-state index >= 15 is 0 Å². The van der Waals surface area contributed by atoms with Crippen molar-refractivity contribution >= 4 is 5.97 Å². The lowest BCUT2D eigenvalue weighted by molar-refractivity contribution is -0.143. The maximum absolute atomic E-state index is 10.7. The van der Waals surface area contributed by atoms with Crippen LogP contribution in [-0.4, -0.2) is 17.1 Å². The molecule has 0 aromatic heterocycles. The molecule has 4 atom stereocenters. The van der Waals surface area contributed by atoms with E-state index in [1.165, 1.54) is 0 Å². The van der Waals surface area contributed by atoms with Gasteiger partial charge in [0, 0.05) is 6.04 Å². The van der Waals surface area contributed by atoms with Crippen molar-refractivity contribution in [3.63, 3.8) is 0 Å². The van der Waals surface area contributed by atoms with Crippen molar-refractivity contribution in [1.29, 1.82) is 0 Å². The first-order chi connectivity index (χ1) is 5.18. The van der Waals surface area contributed by atoms with Crippen molar-refractivity contribution in [2.24, 2.45) is 23.5 Å². The SMILES string of the molecule is N[C@@H]1C[C@@H]2C[C@H]1[C@H](C(=O)O)C2. The zero-order valence-corrected chi connectivity index (χ0v) is 6.36. The minimum Gasteiger partial charge on any atom is -0.481 e. The molecule has 2 fully saturated rings. The van der Waals surface area contributed by atoms with E-state index in [4.69, 9.17) is 10.8 Å². The highest BCUT2D eigenvalue weighted by Crippen LogP contribution is 2.47. The summed E-state index contributed by atoms with van der Waals surface area (Å²) in [6.07, 6.45) is 2.97. The van der Waals surface area contributed by atoms with Crippen molar-refractivity contribution < 1.29 is 9.90 Å². The maximum atomic E-state index is 10.7. The molecule has 2 rings (SSSR count). The fourth-order valence-electron chi connectivity index (χ4n) is 2.69. The molecule has 2 aliphatic rings. The first-order valence-corrected chi connectivity index (χ1v) is 4.17. The van der Waals surface area contributed by atoms with E-state index in [1.807, 2.05) is 0 Å². The molecule has 2 bridgehead atoms. The summed E-state index contributed by atoms with van der Waals surface area (Å²) in [4.78, 5) is 10.7. The highest BCUT2D eigenvalue weighted by molar-refractivity contribution is 5.71. The van der Waals surface area contributed by atoms with Crippen LogP contribution in [0.15, 0.2) is 0 Å². The molecule has 0 spiro atoms. The number of carboxylic acid groups (broad SMARTS) is 1. The van der Waals surface area contributed by atoms with Gasteiger partial charge in [0.05, 0.1) is 5.92 Å². The molecule has 0 radical (unpaired) electrons. The van der Waals surface area contributed by atoms with E-state index in [9.17, 15) is 4.79 Å². The van der Waals surface area contributed by atoms with Gasteiger partial charge >= 0.3 is 5.97 Å². The predicted molar refractivity (Wildman–Crippen MR) is 39.9 cm³/mol. The van der Waals surface area contributed by atoms with E-state index in [2.05, 4.69) is 0 Å². The van der Waals surface area contributed by atoms with Gasteiger partial charge < -0.3 is 10.8 Å². The first kappa shape index (κ1) is 7.10. The second kappa shape index (κ2) is 2.21. The Hall–Kier alpha value is -0.570. The summed E-state index contributed by atoms with van der Waals surface area (Å²) in [6.45, 7) is 0. The molecule has 0 saturated heterocycles. The normalized spacial score (nSPS) is 48.1. The molecule has 0 aromatic rings. The Morgan fingerprint density at radius 1 is 1.36 bits per heavy atom. The van der Waals surface area contributed by atoms with Gasteiger partial charge in [-0.15, -0.1) is 0 Å². The third kappa shape index (κ3) is 0.948. The minimum absolute atomic E-state index is 0.135. The van der Waals surface area contributed by atoms with Crippen LogP contribution < -0.4 is 5.73 Å². The molecule has 0 amide bonds. The fourth-order valence-corrected chi connectivity index (χ4v) is 2.69. The predicted octanol–water partition coefficient (Wildman–Crippen LogP) is 0.444. The second-order valence-corrected chi connectivity index (χ2v) is 3.85. The molecule has 11 heavy (non-hydrogen) atoms. The van der Waals surface area contributed by atoms with Gasteiger partial charge in [-0.1, -0.05) is 0 Å². The van der Waals surface area contributed by atoms with E-state index < -0.39 is 5.97 Å². The number of hydrogen-bond acceptors (Lipinski definition) is 2. The Morgan fingerprint density at radius 2 is 2.09 bits per heavy atom. The summed E-state index contributed by atoms with van der Waals surface area (Å²) in [5, 5.41) is 8.80. The summed E-state index contributed by atoms with van der Waals surface area (Å²) in [6, 6.07) is 0.162. The zero-order valence-electron chi connectivity index (χ0n) is 6.36. The van der Waals surface area contributed by atoms with Gasteiger partial charge in [0.15, 0.2) is 0 Å². The third-order valence-electron chi connectivity index (χ3n) is 3.18. The largest absolute Gasteiger partial charge is 0.481 e. The molecular weight excluding hydrogens is 142 g/mol. The van der Waals surface area contributed by atoms with E-state index in [0.29, 0.717) is 5.92 Å². The van der Waals surface area contributed by atoms with E-state index in [-0.39, 0.29) is 17.9 Å². The Balaban J connectivity index is 2.12. The standard InChI is InChI=1S/C8H13NO2/c9-7-3-4-1-5(7)6(2-4)8(10)11/h4-7H,1-3,9H2,(H,10,11)/t4-,5+,6-,7-/m1/s1. The van der Waals surface area contributed by atoms with Crippen molar-refractivity contribution in [2.75, 3.05) is 0 Å². The summed E-state index contributed by atoms with van der Waals surface area (Å²) in [5.74, 6) is 0.102. The van der Waals surface area contributed by atoms with Crippen LogP contribution >= 0.6 is 0 Å². The van der Waals surface area contributed by atoms with Crippen LogP contribution in [0, 0.1) is 17.8 Å². The minimum atomic E-state index is -0.646.